The zero-order valence-electron chi connectivity index (χ0n) is 13.5. The van der Waals surface area contributed by atoms with E-state index in [-0.39, 0.29) is 17.8 Å². The van der Waals surface area contributed by atoms with E-state index < -0.39 is 0 Å². The summed E-state index contributed by atoms with van der Waals surface area (Å²) in [6.45, 7) is 2.20. The van der Waals surface area contributed by atoms with Crippen LogP contribution in [-0.4, -0.2) is 38.3 Å². The molecule has 3 rings (SSSR count). The monoisotopic (exact) mass is 315 g/mol. The molecule has 1 aliphatic rings. The highest BCUT2D eigenvalue weighted by Crippen LogP contribution is 2.30. The standard InChI is InChI=1S/C19H22FNO2/c1-21(11-14-4-3-5-17(10-14)22-2)19-13-23-12-18(19)15-6-8-16(20)9-7-15/h3-10,18-19H,11-13H2,1-2H3/t18-,19+/m0/s1. The zero-order valence-corrected chi connectivity index (χ0v) is 13.5. The third kappa shape index (κ3) is 3.71. The molecule has 0 N–H and O–H groups in total. The second-order valence-corrected chi connectivity index (χ2v) is 6.03. The Morgan fingerprint density at radius 3 is 2.70 bits per heavy atom. The molecule has 0 bridgehead atoms. The fourth-order valence-corrected chi connectivity index (χ4v) is 3.18. The van der Waals surface area contributed by atoms with Gasteiger partial charge in [-0.1, -0.05) is 24.3 Å². The predicted octanol–water partition coefficient (Wildman–Crippen LogP) is 3.45. The first kappa shape index (κ1) is 16.0. The van der Waals surface area contributed by atoms with E-state index in [0.717, 1.165) is 17.9 Å². The third-order valence-electron chi connectivity index (χ3n) is 4.48. The topological polar surface area (TPSA) is 21.7 Å². The van der Waals surface area contributed by atoms with Gasteiger partial charge in [-0.2, -0.15) is 0 Å². The van der Waals surface area contributed by atoms with Gasteiger partial charge in [-0.05, 0) is 42.4 Å². The summed E-state index contributed by atoms with van der Waals surface area (Å²) in [4.78, 5) is 2.30. The summed E-state index contributed by atoms with van der Waals surface area (Å²) in [5.41, 5.74) is 2.34. The molecule has 0 amide bonds. The molecule has 1 fully saturated rings. The van der Waals surface area contributed by atoms with Gasteiger partial charge in [0.15, 0.2) is 0 Å². The average molecular weight is 315 g/mol. The zero-order chi connectivity index (χ0) is 16.2. The van der Waals surface area contributed by atoms with Crippen molar-refractivity contribution in [3.8, 4) is 5.75 Å². The number of likely N-dealkylation sites (N-methyl/N-ethyl adjacent to an activating group) is 1. The molecule has 1 saturated heterocycles. The molecular formula is C19H22FNO2. The first-order chi connectivity index (χ1) is 11.2. The van der Waals surface area contributed by atoms with Crippen LogP contribution in [0.1, 0.15) is 17.0 Å². The van der Waals surface area contributed by atoms with E-state index in [4.69, 9.17) is 9.47 Å². The number of halogens is 1. The fourth-order valence-electron chi connectivity index (χ4n) is 3.18. The van der Waals surface area contributed by atoms with Crippen molar-refractivity contribution in [1.82, 2.24) is 4.90 Å². The SMILES string of the molecule is COc1cccc(CN(C)[C@@H]2COC[C@H]2c2ccc(F)cc2)c1. The summed E-state index contributed by atoms with van der Waals surface area (Å²) in [6, 6.07) is 15.2. The number of nitrogens with zero attached hydrogens (tertiary/aromatic N) is 1. The maximum atomic E-state index is 13.1. The van der Waals surface area contributed by atoms with Crippen molar-refractivity contribution in [2.45, 2.75) is 18.5 Å². The molecule has 3 nitrogen and oxygen atoms in total. The normalized spacial score (nSPS) is 20.9. The lowest BCUT2D eigenvalue weighted by Gasteiger charge is -2.28. The van der Waals surface area contributed by atoms with Crippen LogP contribution in [-0.2, 0) is 11.3 Å². The summed E-state index contributed by atoms with van der Waals surface area (Å²) >= 11 is 0. The summed E-state index contributed by atoms with van der Waals surface area (Å²) < 4.78 is 24.1. The molecule has 2 aromatic rings. The second-order valence-electron chi connectivity index (χ2n) is 6.03. The predicted molar refractivity (Wildman–Crippen MR) is 88.2 cm³/mol. The number of hydrogen-bond donors (Lipinski definition) is 0. The Labute approximate surface area is 136 Å². The van der Waals surface area contributed by atoms with E-state index >= 15 is 0 Å². The van der Waals surface area contributed by atoms with Gasteiger partial charge in [0.25, 0.3) is 0 Å². The lowest BCUT2D eigenvalue weighted by atomic mass is 9.93. The maximum absolute atomic E-state index is 13.1. The Bertz CT molecular complexity index is 644. The Morgan fingerprint density at radius 1 is 1.17 bits per heavy atom. The van der Waals surface area contributed by atoms with Crippen LogP contribution in [0.5, 0.6) is 5.75 Å². The van der Waals surface area contributed by atoms with Crippen LogP contribution in [0.3, 0.4) is 0 Å². The molecule has 0 radical (unpaired) electrons. The Hall–Kier alpha value is -1.91. The van der Waals surface area contributed by atoms with Crippen LogP contribution in [0.25, 0.3) is 0 Å². The van der Waals surface area contributed by atoms with Gasteiger partial charge in [0.1, 0.15) is 11.6 Å². The highest BCUT2D eigenvalue weighted by atomic mass is 19.1. The molecule has 0 aliphatic carbocycles. The van der Waals surface area contributed by atoms with Gasteiger partial charge in [0.05, 0.1) is 20.3 Å². The van der Waals surface area contributed by atoms with Crippen molar-refractivity contribution in [3.63, 3.8) is 0 Å². The molecule has 4 heteroatoms. The molecule has 1 heterocycles. The van der Waals surface area contributed by atoms with Gasteiger partial charge < -0.3 is 9.47 Å². The highest BCUT2D eigenvalue weighted by molar-refractivity contribution is 5.29. The molecule has 122 valence electrons. The number of rotatable bonds is 5. The average Bonchev–Trinajstić information content (AvgIpc) is 3.05. The minimum absolute atomic E-state index is 0.200. The van der Waals surface area contributed by atoms with Crippen molar-refractivity contribution in [2.75, 3.05) is 27.4 Å². The Kier molecular flexibility index (Phi) is 4.94. The first-order valence-corrected chi connectivity index (χ1v) is 7.84. The van der Waals surface area contributed by atoms with Gasteiger partial charge in [-0.3, -0.25) is 4.90 Å². The van der Waals surface area contributed by atoms with Crippen molar-refractivity contribution in [1.29, 1.82) is 0 Å². The van der Waals surface area contributed by atoms with E-state index in [0.29, 0.717) is 13.2 Å². The van der Waals surface area contributed by atoms with Crippen LogP contribution in [0, 0.1) is 5.82 Å². The molecule has 0 unspecified atom stereocenters. The molecule has 0 saturated carbocycles. The van der Waals surface area contributed by atoms with Crippen LogP contribution < -0.4 is 4.74 Å². The van der Waals surface area contributed by atoms with E-state index in [2.05, 4.69) is 24.1 Å². The van der Waals surface area contributed by atoms with Crippen LogP contribution in [0.4, 0.5) is 4.39 Å². The Morgan fingerprint density at radius 2 is 1.96 bits per heavy atom. The summed E-state index contributed by atoms with van der Waals surface area (Å²) in [5, 5.41) is 0. The number of benzene rings is 2. The van der Waals surface area contributed by atoms with Gasteiger partial charge in [0, 0.05) is 18.5 Å². The summed E-state index contributed by atoms with van der Waals surface area (Å²) in [6.07, 6.45) is 0. The molecule has 0 aromatic heterocycles. The van der Waals surface area contributed by atoms with Gasteiger partial charge in [-0.15, -0.1) is 0 Å². The lowest BCUT2D eigenvalue weighted by molar-refractivity contribution is 0.156. The molecule has 0 spiro atoms. The van der Waals surface area contributed by atoms with E-state index in [9.17, 15) is 4.39 Å². The first-order valence-electron chi connectivity index (χ1n) is 7.84. The summed E-state index contributed by atoms with van der Waals surface area (Å²) in [5.74, 6) is 0.939. The molecule has 2 atom stereocenters. The fraction of sp³-hybridized carbons (Fsp3) is 0.368. The van der Waals surface area contributed by atoms with Crippen LogP contribution >= 0.6 is 0 Å². The third-order valence-corrected chi connectivity index (χ3v) is 4.48. The van der Waals surface area contributed by atoms with Crippen molar-refractivity contribution >= 4 is 0 Å². The van der Waals surface area contributed by atoms with Gasteiger partial charge in [0.2, 0.25) is 0 Å². The smallest absolute Gasteiger partial charge is 0.123 e. The van der Waals surface area contributed by atoms with Crippen molar-refractivity contribution < 1.29 is 13.9 Å². The maximum Gasteiger partial charge on any atom is 0.123 e. The van der Waals surface area contributed by atoms with E-state index in [1.807, 2.05) is 24.3 Å². The lowest BCUT2D eigenvalue weighted by Crippen LogP contribution is -2.36. The second kappa shape index (κ2) is 7.11. The number of ether oxygens (including phenoxy) is 2. The molecule has 23 heavy (non-hydrogen) atoms. The van der Waals surface area contributed by atoms with Crippen molar-refractivity contribution in [3.05, 3.63) is 65.5 Å². The van der Waals surface area contributed by atoms with Gasteiger partial charge >= 0.3 is 0 Å². The van der Waals surface area contributed by atoms with Crippen LogP contribution in [0.2, 0.25) is 0 Å². The minimum atomic E-state index is -0.200. The van der Waals surface area contributed by atoms with E-state index in [1.54, 1.807) is 7.11 Å². The quantitative estimate of drug-likeness (QED) is 0.843. The largest absolute Gasteiger partial charge is 0.497 e. The molecular weight excluding hydrogens is 293 g/mol. The molecule has 2 aromatic carbocycles. The summed E-state index contributed by atoms with van der Waals surface area (Å²) in [7, 11) is 3.79. The number of methoxy groups -OCH3 is 1. The number of hydrogen-bond acceptors (Lipinski definition) is 3. The molecule has 1 aliphatic heterocycles. The van der Waals surface area contributed by atoms with Crippen LogP contribution in [0.15, 0.2) is 48.5 Å². The highest BCUT2D eigenvalue weighted by Gasteiger charge is 2.32. The Balaban J connectivity index is 1.72. The van der Waals surface area contributed by atoms with Gasteiger partial charge in [-0.25, -0.2) is 4.39 Å². The van der Waals surface area contributed by atoms with Crippen molar-refractivity contribution in [2.24, 2.45) is 0 Å². The minimum Gasteiger partial charge on any atom is -0.497 e. The van der Waals surface area contributed by atoms with E-state index in [1.165, 1.54) is 17.7 Å².